The smallest absolute Gasteiger partial charge is 0.243 e. The number of hydrogen-bond donors (Lipinski definition) is 0. The first kappa shape index (κ1) is 21.2. The van der Waals surface area contributed by atoms with Crippen molar-refractivity contribution < 1.29 is 17.9 Å². The molecule has 3 aliphatic rings. The van der Waals surface area contributed by atoms with Crippen LogP contribution in [0.4, 0.5) is 0 Å². The van der Waals surface area contributed by atoms with E-state index in [9.17, 15) is 13.2 Å². The molecule has 0 aliphatic carbocycles. The van der Waals surface area contributed by atoms with Gasteiger partial charge in [-0.3, -0.25) is 9.69 Å². The van der Waals surface area contributed by atoms with Crippen LogP contribution in [-0.4, -0.2) is 87.5 Å². The lowest BCUT2D eigenvalue weighted by Crippen LogP contribution is -2.48. The van der Waals surface area contributed by atoms with Crippen LogP contribution in [0.2, 0.25) is 0 Å². The van der Waals surface area contributed by atoms with E-state index < -0.39 is 10.0 Å². The Morgan fingerprint density at radius 3 is 2.37 bits per heavy atom. The Labute approximate surface area is 178 Å². The van der Waals surface area contributed by atoms with Gasteiger partial charge >= 0.3 is 0 Å². The second-order valence-electron chi connectivity index (χ2n) is 8.61. The summed E-state index contributed by atoms with van der Waals surface area (Å²) in [5, 5.41) is 8.92. The molecule has 1 amide bonds. The molecule has 0 radical (unpaired) electrons. The number of likely N-dealkylation sites (tertiary alicyclic amines) is 1. The molecule has 3 fully saturated rings. The third-order valence-electron chi connectivity index (χ3n) is 6.76. The summed E-state index contributed by atoms with van der Waals surface area (Å²) in [7, 11) is -1.57. The number of rotatable bonds is 3. The van der Waals surface area contributed by atoms with Crippen LogP contribution in [0, 0.1) is 16.7 Å². The summed E-state index contributed by atoms with van der Waals surface area (Å²) in [6, 6.07) is 7.94. The van der Waals surface area contributed by atoms with Gasteiger partial charge in [0.25, 0.3) is 0 Å². The lowest BCUT2D eigenvalue weighted by Gasteiger charge is -2.38. The Morgan fingerprint density at radius 1 is 1.13 bits per heavy atom. The summed E-state index contributed by atoms with van der Waals surface area (Å²) in [6.45, 7) is 4.20. The molecule has 8 nitrogen and oxygen atoms in total. The highest BCUT2D eigenvalue weighted by Gasteiger charge is 2.48. The van der Waals surface area contributed by atoms with Crippen LogP contribution < -0.4 is 0 Å². The Hall–Kier alpha value is -1.99. The molecule has 3 heterocycles. The number of nitriles is 1. The van der Waals surface area contributed by atoms with Gasteiger partial charge in [0, 0.05) is 32.7 Å². The number of benzene rings is 1. The van der Waals surface area contributed by atoms with Gasteiger partial charge in [-0.25, -0.2) is 8.42 Å². The monoisotopic (exact) mass is 432 g/mol. The maximum absolute atomic E-state index is 13.0. The van der Waals surface area contributed by atoms with Gasteiger partial charge in [-0.2, -0.15) is 9.57 Å². The van der Waals surface area contributed by atoms with E-state index in [0.29, 0.717) is 45.0 Å². The van der Waals surface area contributed by atoms with E-state index in [1.165, 1.54) is 28.6 Å². The third kappa shape index (κ3) is 3.97. The normalized spacial score (nSPS) is 25.3. The average Bonchev–Trinajstić information content (AvgIpc) is 3.09. The van der Waals surface area contributed by atoms with Crippen molar-refractivity contribution in [1.82, 2.24) is 14.1 Å². The largest absolute Gasteiger partial charge is 0.378 e. The highest BCUT2D eigenvalue weighted by atomic mass is 32.2. The van der Waals surface area contributed by atoms with Crippen molar-refractivity contribution in [3.8, 4) is 6.07 Å². The number of hydrogen-bond acceptors (Lipinski definition) is 6. The molecule has 3 saturated heterocycles. The lowest BCUT2D eigenvalue weighted by molar-refractivity contribution is -0.139. The van der Waals surface area contributed by atoms with Gasteiger partial charge in [-0.1, -0.05) is 0 Å². The minimum atomic E-state index is -3.57. The van der Waals surface area contributed by atoms with Crippen molar-refractivity contribution in [1.29, 1.82) is 5.26 Å². The van der Waals surface area contributed by atoms with Crippen LogP contribution in [0.15, 0.2) is 29.2 Å². The summed E-state index contributed by atoms with van der Waals surface area (Å²) >= 11 is 0. The number of ether oxygens (including phenoxy) is 1. The van der Waals surface area contributed by atoms with E-state index in [1.807, 2.05) is 18.0 Å². The molecule has 162 valence electrons. The molecule has 30 heavy (non-hydrogen) atoms. The van der Waals surface area contributed by atoms with Crippen molar-refractivity contribution >= 4 is 15.9 Å². The number of morpholine rings is 1. The molecule has 1 atom stereocenters. The SMILES string of the molecule is CN1CC2(CCN(S(=O)(=O)c3ccc(C#N)cc3)CC2)CC1C(=O)N1CCOCC1. The fourth-order valence-electron chi connectivity index (χ4n) is 4.95. The first-order valence-electron chi connectivity index (χ1n) is 10.4. The summed E-state index contributed by atoms with van der Waals surface area (Å²) in [6.07, 6.45) is 2.28. The van der Waals surface area contributed by atoms with Crippen molar-refractivity contribution in [2.75, 3.05) is 53.0 Å². The number of likely N-dealkylation sites (N-methyl/N-ethyl adjacent to an activating group) is 1. The van der Waals surface area contributed by atoms with Gasteiger partial charge in [0.15, 0.2) is 0 Å². The molecule has 9 heteroatoms. The highest BCUT2D eigenvalue weighted by Crippen LogP contribution is 2.44. The standard InChI is InChI=1S/C21H28N4O4S/c1-23-16-21(14-19(23)20(26)24-10-12-29-13-11-24)6-8-25(9-7-21)30(27,28)18-4-2-17(15-22)3-5-18/h2-5,19H,6-14,16H2,1H3. The first-order valence-corrected chi connectivity index (χ1v) is 11.9. The van der Waals surface area contributed by atoms with E-state index >= 15 is 0 Å². The van der Waals surface area contributed by atoms with Gasteiger partial charge in [-0.15, -0.1) is 0 Å². The zero-order chi connectivity index (χ0) is 21.4. The van der Waals surface area contributed by atoms with Gasteiger partial charge < -0.3 is 9.64 Å². The van der Waals surface area contributed by atoms with E-state index in [1.54, 1.807) is 0 Å². The molecule has 4 rings (SSSR count). The van der Waals surface area contributed by atoms with Gasteiger partial charge in [0.1, 0.15) is 0 Å². The number of carbonyl (C=O) groups excluding carboxylic acids is 1. The highest BCUT2D eigenvalue weighted by molar-refractivity contribution is 7.89. The Kier molecular flexibility index (Phi) is 5.86. The molecule has 1 unspecified atom stereocenters. The van der Waals surface area contributed by atoms with Crippen LogP contribution in [0.5, 0.6) is 0 Å². The zero-order valence-corrected chi connectivity index (χ0v) is 18.1. The number of amides is 1. The maximum atomic E-state index is 13.0. The minimum absolute atomic E-state index is 0.0158. The van der Waals surface area contributed by atoms with Gasteiger partial charge in [0.05, 0.1) is 35.8 Å². The average molecular weight is 433 g/mol. The Bertz CT molecular complexity index is 927. The summed E-state index contributed by atoms with van der Waals surface area (Å²) in [4.78, 5) is 17.3. The van der Waals surface area contributed by atoms with E-state index in [4.69, 9.17) is 10.00 Å². The molecular formula is C21H28N4O4S. The fourth-order valence-corrected chi connectivity index (χ4v) is 6.40. The molecule has 1 spiro atoms. The minimum Gasteiger partial charge on any atom is -0.378 e. The van der Waals surface area contributed by atoms with Crippen molar-refractivity contribution in [3.63, 3.8) is 0 Å². The topological polar surface area (TPSA) is 93.9 Å². The summed E-state index contributed by atoms with van der Waals surface area (Å²) < 4.78 is 32.9. The van der Waals surface area contributed by atoms with E-state index in [2.05, 4.69) is 4.90 Å². The summed E-state index contributed by atoms with van der Waals surface area (Å²) in [5.41, 5.74) is 0.425. The first-order chi connectivity index (χ1) is 14.3. The van der Waals surface area contributed by atoms with Crippen molar-refractivity contribution in [2.24, 2.45) is 5.41 Å². The molecule has 0 N–H and O–H groups in total. The molecule has 3 aliphatic heterocycles. The molecule has 0 saturated carbocycles. The maximum Gasteiger partial charge on any atom is 0.243 e. The quantitative estimate of drug-likeness (QED) is 0.704. The zero-order valence-electron chi connectivity index (χ0n) is 17.3. The number of piperidine rings is 1. The number of nitrogens with zero attached hydrogens (tertiary/aromatic N) is 4. The third-order valence-corrected chi connectivity index (χ3v) is 8.67. The van der Waals surface area contributed by atoms with Crippen LogP contribution >= 0.6 is 0 Å². The molecule has 1 aromatic carbocycles. The van der Waals surface area contributed by atoms with E-state index in [-0.39, 0.29) is 22.3 Å². The van der Waals surface area contributed by atoms with Crippen LogP contribution in [-0.2, 0) is 19.6 Å². The van der Waals surface area contributed by atoms with Crippen LogP contribution in [0.1, 0.15) is 24.8 Å². The van der Waals surface area contributed by atoms with Crippen molar-refractivity contribution in [3.05, 3.63) is 29.8 Å². The van der Waals surface area contributed by atoms with Gasteiger partial charge in [0.2, 0.25) is 15.9 Å². The second-order valence-corrected chi connectivity index (χ2v) is 10.6. The number of sulfonamides is 1. The predicted octanol–water partition coefficient (Wildman–Crippen LogP) is 0.892. The van der Waals surface area contributed by atoms with Crippen LogP contribution in [0.3, 0.4) is 0 Å². The molecule has 1 aromatic rings. The van der Waals surface area contributed by atoms with Crippen molar-refractivity contribution in [2.45, 2.75) is 30.2 Å². The summed E-state index contributed by atoms with van der Waals surface area (Å²) in [5.74, 6) is 0.172. The molecular weight excluding hydrogens is 404 g/mol. The second kappa shape index (κ2) is 8.27. The number of carbonyl (C=O) groups is 1. The Balaban J connectivity index is 1.41. The Morgan fingerprint density at radius 2 is 1.77 bits per heavy atom. The lowest BCUT2D eigenvalue weighted by atomic mass is 9.77. The fraction of sp³-hybridized carbons (Fsp3) is 0.619. The van der Waals surface area contributed by atoms with Gasteiger partial charge in [-0.05, 0) is 56.0 Å². The van der Waals surface area contributed by atoms with E-state index in [0.717, 1.165) is 25.8 Å². The van der Waals surface area contributed by atoms with Crippen LogP contribution in [0.25, 0.3) is 0 Å². The predicted molar refractivity (Wildman–Crippen MR) is 110 cm³/mol. The molecule has 0 bridgehead atoms. The molecule has 0 aromatic heterocycles.